The molecular formula is C15H14ClF3N2O3S2. The van der Waals surface area contributed by atoms with Gasteiger partial charge < -0.3 is 4.57 Å². The highest BCUT2D eigenvalue weighted by molar-refractivity contribution is 7.98. The van der Waals surface area contributed by atoms with E-state index in [4.69, 9.17) is 11.6 Å². The van der Waals surface area contributed by atoms with Crippen molar-refractivity contribution in [2.45, 2.75) is 28.9 Å². The predicted molar refractivity (Wildman–Crippen MR) is 92.5 cm³/mol. The summed E-state index contributed by atoms with van der Waals surface area (Å²) >= 11 is 7.32. The summed E-state index contributed by atoms with van der Waals surface area (Å²) in [4.78, 5) is 16.7. The van der Waals surface area contributed by atoms with Crippen LogP contribution in [0.25, 0.3) is 0 Å². The first-order valence-corrected chi connectivity index (χ1v) is 10.5. The molecule has 0 unspecified atom stereocenters. The van der Waals surface area contributed by atoms with Crippen LogP contribution in [-0.2, 0) is 16.4 Å². The maximum atomic E-state index is 12.3. The van der Waals surface area contributed by atoms with Gasteiger partial charge in [-0.25, -0.2) is 13.4 Å². The molecule has 0 saturated heterocycles. The van der Waals surface area contributed by atoms with Crippen molar-refractivity contribution in [3.63, 3.8) is 0 Å². The van der Waals surface area contributed by atoms with Crippen LogP contribution in [0.2, 0.25) is 5.15 Å². The summed E-state index contributed by atoms with van der Waals surface area (Å²) in [5, 5.41) is -0.313. The van der Waals surface area contributed by atoms with Crippen molar-refractivity contribution in [3.05, 3.63) is 41.4 Å². The van der Waals surface area contributed by atoms with E-state index in [2.05, 4.69) is 4.98 Å². The largest absolute Gasteiger partial charge is 0.390 e. The lowest BCUT2D eigenvalue weighted by atomic mass is 10.3. The molecule has 2 aromatic rings. The fourth-order valence-corrected chi connectivity index (χ4v) is 3.95. The van der Waals surface area contributed by atoms with Crippen LogP contribution in [0.15, 0.2) is 40.4 Å². The van der Waals surface area contributed by atoms with Crippen molar-refractivity contribution in [2.75, 3.05) is 12.0 Å². The Kier molecular flexibility index (Phi) is 6.41. The molecule has 0 radical (unpaired) electrons. The van der Waals surface area contributed by atoms with Crippen molar-refractivity contribution in [3.8, 4) is 0 Å². The molecule has 0 saturated carbocycles. The minimum atomic E-state index is -4.38. The Morgan fingerprint density at radius 2 is 1.88 bits per heavy atom. The summed E-state index contributed by atoms with van der Waals surface area (Å²) < 4.78 is 62.5. The van der Waals surface area contributed by atoms with E-state index < -0.39 is 40.5 Å². The van der Waals surface area contributed by atoms with E-state index in [-0.39, 0.29) is 15.7 Å². The number of carbonyl (C=O) groups excluding carboxylic acids is 1. The lowest BCUT2D eigenvalue weighted by Crippen LogP contribution is -2.17. The number of carbonyl (C=O) groups is 1. The number of hydrogen-bond acceptors (Lipinski definition) is 5. The van der Waals surface area contributed by atoms with Crippen LogP contribution in [0.4, 0.5) is 13.2 Å². The standard InChI is InChI=1S/C15H14ClF3N2O3S2/c1-25-10-2-4-11(5-3-10)26(23,24)8-12(22)13-14(16)21(9-20-13)7-6-15(17,18)19/h2-5,9H,6-8H2,1H3. The Morgan fingerprint density at radius 1 is 1.27 bits per heavy atom. The van der Waals surface area contributed by atoms with Gasteiger partial charge in [-0.15, -0.1) is 11.8 Å². The predicted octanol–water partition coefficient (Wildman–Crippen LogP) is 3.87. The van der Waals surface area contributed by atoms with Gasteiger partial charge in [0.1, 0.15) is 16.6 Å². The van der Waals surface area contributed by atoms with Gasteiger partial charge in [0.15, 0.2) is 15.6 Å². The summed E-state index contributed by atoms with van der Waals surface area (Å²) in [5.74, 6) is -1.75. The van der Waals surface area contributed by atoms with Gasteiger partial charge in [-0.1, -0.05) is 11.6 Å². The number of sulfone groups is 1. The number of thioether (sulfide) groups is 1. The second-order valence-corrected chi connectivity index (χ2v) is 8.53. The number of rotatable bonds is 7. The van der Waals surface area contributed by atoms with Crippen LogP contribution in [0.3, 0.4) is 0 Å². The van der Waals surface area contributed by atoms with E-state index in [0.717, 1.165) is 15.8 Å². The molecule has 11 heteroatoms. The second kappa shape index (κ2) is 8.01. The highest BCUT2D eigenvalue weighted by Gasteiger charge is 2.29. The SMILES string of the molecule is CSc1ccc(S(=O)(=O)CC(=O)c2ncn(CCC(F)(F)F)c2Cl)cc1. The molecule has 0 amide bonds. The Labute approximate surface area is 157 Å². The van der Waals surface area contributed by atoms with Crippen molar-refractivity contribution in [2.24, 2.45) is 0 Å². The Bertz CT molecular complexity index is 894. The molecule has 1 heterocycles. The Hall–Kier alpha value is -1.52. The van der Waals surface area contributed by atoms with Crippen LogP contribution in [0, 0.1) is 0 Å². The highest BCUT2D eigenvalue weighted by atomic mass is 35.5. The van der Waals surface area contributed by atoms with Gasteiger partial charge in [-0.05, 0) is 30.5 Å². The van der Waals surface area contributed by atoms with Gasteiger partial charge in [-0.3, -0.25) is 4.79 Å². The third kappa shape index (κ3) is 5.24. The molecule has 0 spiro atoms. The van der Waals surface area contributed by atoms with E-state index in [1.807, 2.05) is 6.26 Å². The highest BCUT2D eigenvalue weighted by Crippen LogP contribution is 2.24. The molecule has 0 fully saturated rings. The first kappa shape index (κ1) is 20.8. The second-order valence-electron chi connectivity index (χ2n) is 5.30. The fraction of sp³-hybridized carbons (Fsp3) is 0.333. The summed E-state index contributed by atoms with van der Waals surface area (Å²) in [7, 11) is -3.92. The molecule has 2 rings (SSSR count). The van der Waals surface area contributed by atoms with Crippen LogP contribution in [-0.4, -0.2) is 41.9 Å². The summed E-state index contributed by atoms with van der Waals surface area (Å²) in [6.07, 6.45) is -2.70. The molecule has 26 heavy (non-hydrogen) atoms. The lowest BCUT2D eigenvalue weighted by molar-refractivity contribution is -0.136. The number of alkyl halides is 3. The average Bonchev–Trinajstić information content (AvgIpc) is 2.93. The molecule has 0 aliphatic carbocycles. The maximum absolute atomic E-state index is 12.3. The maximum Gasteiger partial charge on any atom is 0.390 e. The molecule has 0 N–H and O–H groups in total. The number of hydrogen-bond donors (Lipinski definition) is 0. The third-order valence-electron chi connectivity index (χ3n) is 3.41. The molecule has 142 valence electrons. The first-order chi connectivity index (χ1) is 12.0. The Balaban J connectivity index is 2.15. The van der Waals surface area contributed by atoms with Crippen LogP contribution in [0.5, 0.6) is 0 Å². The van der Waals surface area contributed by atoms with Gasteiger partial charge in [0.05, 0.1) is 17.6 Å². The fourth-order valence-electron chi connectivity index (χ4n) is 2.06. The molecule has 0 aliphatic heterocycles. The van der Waals surface area contributed by atoms with Crippen molar-refractivity contribution >= 4 is 39.0 Å². The van der Waals surface area contributed by atoms with E-state index in [9.17, 15) is 26.4 Å². The number of aromatic nitrogens is 2. The topological polar surface area (TPSA) is 69.0 Å². The molecule has 1 aromatic heterocycles. The normalized spacial score (nSPS) is 12.3. The minimum Gasteiger partial charge on any atom is -0.321 e. The molecule has 0 bridgehead atoms. The third-order valence-corrected chi connectivity index (χ3v) is 6.19. The number of aryl methyl sites for hydroxylation is 1. The number of Topliss-reactive ketones (excluding diaryl/α,β-unsaturated/α-hetero) is 1. The van der Waals surface area contributed by atoms with Gasteiger partial charge in [-0.2, -0.15) is 13.2 Å². The van der Waals surface area contributed by atoms with Gasteiger partial charge in [0.2, 0.25) is 0 Å². The smallest absolute Gasteiger partial charge is 0.321 e. The summed E-state index contributed by atoms with van der Waals surface area (Å²) in [6.45, 7) is -0.508. The van der Waals surface area contributed by atoms with Crippen molar-refractivity contribution in [1.82, 2.24) is 9.55 Å². The van der Waals surface area contributed by atoms with Gasteiger partial charge in [0, 0.05) is 11.4 Å². The summed E-state index contributed by atoms with van der Waals surface area (Å²) in [6, 6.07) is 6.00. The number of imidazole rings is 1. The Morgan fingerprint density at radius 3 is 2.42 bits per heavy atom. The number of nitrogens with zero attached hydrogens (tertiary/aromatic N) is 2. The quantitative estimate of drug-likeness (QED) is 0.496. The lowest BCUT2D eigenvalue weighted by Gasteiger charge is -2.07. The number of benzene rings is 1. The number of ketones is 1. The zero-order chi connectivity index (χ0) is 19.5. The zero-order valence-electron chi connectivity index (χ0n) is 13.5. The first-order valence-electron chi connectivity index (χ1n) is 7.21. The van der Waals surface area contributed by atoms with Crippen LogP contribution < -0.4 is 0 Å². The van der Waals surface area contributed by atoms with Gasteiger partial charge >= 0.3 is 6.18 Å². The average molecular weight is 427 g/mol. The van der Waals surface area contributed by atoms with Gasteiger partial charge in [0.25, 0.3) is 0 Å². The van der Waals surface area contributed by atoms with E-state index in [1.165, 1.54) is 23.9 Å². The van der Waals surface area contributed by atoms with E-state index in [0.29, 0.717) is 0 Å². The molecule has 0 aliphatic rings. The minimum absolute atomic E-state index is 0.0312. The monoisotopic (exact) mass is 426 g/mol. The molecule has 5 nitrogen and oxygen atoms in total. The van der Waals surface area contributed by atoms with E-state index in [1.54, 1.807) is 12.1 Å². The molecule has 0 atom stereocenters. The summed E-state index contributed by atoms with van der Waals surface area (Å²) in [5.41, 5.74) is -0.363. The van der Waals surface area contributed by atoms with Crippen LogP contribution in [0.1, 0.15) is 16.9 Å². The van der Waals surface area contributed by atoms with Crippen molar-refractivity contribution in [1.29, 1.82) is 0 Å². The van der Waals surface area contributed by atoms with Crippen molar-refractivity contribution < 1.29 is 26.4 Å². The number of halogens is 4. The van der Waals surface area contributed by atoms with Crippen LogP contribution >= 0.6 is 23.4 Å². The van der Waals surface area contributed by atoms with E-state index >= 15 is 0 Å². The zero-order valence-corrected chi connectivity index (χ0v) is 15.8. The molecule has 1 aromatic carbocycles. The molecular weight excluding hydrogens is 413 g/mol.